The van der Waals surface area contributed by atoms with Gasteiger partial charge in [-0.2, -0.15) is 0 Å². The molecule has 0 amide bonds. The summed E-state index contributed by atoms with van der Waals surface area (Å²) in [5.41, 5.74) is 0.0324. The van der Waals surface area contributed by atoms with E-state index in [1.54, 1.807) is 0 Å². The molecule has 0 aromatic rings. The normalized spacial score (nSPS) is 27.0. The van der Waals surface area contributed by atoms with Gasteiger partial charge in [-0.05, 0) is 26.2 Å². The second kappa shape index (κ2) is 2.53. The zero-order chi connectivity index (χ0) is 6.91. The van der Waals surface area contributed by atoms with Gasteiger partial charge in [0.15, 0.2) is 0 Å². The zero-order valence-corrected chi connectivity index (χ0v) is 6.88. The Morgan fingerprint density at radius 3 is 2.22 bits per heavy atom. The Bertz CT molecular complexity index is 95.7. The van der Waals surface area contributed by atoms with Crippen LogP contribution in [0.2, 0.25) is 0 Å². The molecule has 1 aliphatic carbocycles. The minimum Gasteiger partial charge on any atom is -0.391 e. The van der Waals surface area contributed by atoms with Crippen LogP contribution >= 0.6 is 9.39 Å². The average Bonchev–Trinajstić information content (AvgIpc) is 1.62. The van der Waals surface area contributed by atoms with Gasteiger partial charge < -0.3 is 5.11 Å². The Labute approximate surface area is 58.3 Å². The van der Waals surface area contributed by atoms with E-state index in [1.807, 2.05) is 6.92 Å². The highest BCUT2D eigenvalue weighted by molar-refractivity contribution is 7.13. The molecular weight excluding hydrogens is 133 g/mol. The lowest BCUT2D eigenvalue weighted by atomic mass is 9.74. The molecule has 0 aliphatic heterocycles. The summed E-state index contributed by atoms with van der Waals surface area (Å²) in [5, 5.41) is 12.3. The Morgan fingerprint density at radius 2 is 2.22 bits per heavy atom. The Morgan fingerprint density at radius 1 is 1.67 bits per heavy atom. The first kappa shape index (κ1) is 7.46. The fourth-order valence-electron chi connectivity index (χ4n) is 1.24. The van der Waals surface area contributed by atoms with Gasteiger partial charge >= 0.3 is 0 Å². The minimum absolute atomic E-state index is 0.0324. The largest absolute Gasteiger partial charge is 0.391 e. The van der Waals surface area contributed by atoms with E-state index in [0.29, 0.717) is 0 Å². The van der Waals surface area contributed by atoms with Gasteiger partial charge in [0.1, 0.15) is 0 Å². The lowest BCUT2D eigenvalue weighted by Crippen LogP contribution is -2.54. The first-order chi connectivity index (χ1) is 4.21. The molecule has 0 saturated heterocycles. The predicted molar refractivity (Wildman–Crippen MR) is 41.1 cm³/mol. The molecule has 3 heteroatoms. The molecule has 9 heavy (non-hydrogen) atoms. The standard InChI is InChI=1S/C6H14NOP/c1-5(8)6(7-9)3-2-4-6/h5,7-8H,2-4,9H2,1H3/t5-/m0/s1. The van der Waals surface area contributed by atoms with Crippen molar-refractivity contribution in [2.24, 2.45) is 0 Å². The fraction of sp³-hybridized carbons (Fsp3) is 1.00. The molecule has 2 atom stereocenters. The molecule has 0 bridgehead atoms. The average molecular weight is 147 g/mol. The first-order valence-corrected chi connectivity index (χ1v) is 3.95. The number of aliphatic hydroxyl groups is 1. The van der Waals surface area contributed by atoms with Crippen LogP contribution in [0, 0.1) is 0 Å². The van der Waals surface area contributed by atoms with Gasteiger partial charge in [0.05, 0.1) is 6.10 Å². The molecule has 1 aliphatic rings. The number of nitrogens with one attached hydrogen (secondary N) is 1. The third-order valence-corrected chi connectivity index (χ3v) is 2.91. The smallest absolute Gasteiger partial charge is 0.0696 e. The maximum Gasteiger partial charge on any atom is 0.0696 e. The summed E-state index contributed by atoms with van der Waals surface area (Å²) >= 11 is 0. The second-order valence-electron chi connectivity index (χ2n) is 2.83. The Hall–Kier alpha value is 0.350. The molecule has 1 rings (SSSR count). The van der Waals surface area contributed by atoms with Crippen molar-refractivity contribution in [2.45, 2.75) is 37.8 Å². The Balaban J connectivity index is 2.46. The van der Waals surface area contributed by atoms with Gasteiger partial charge in [-0.15, -0.1) is 0 Å². The van der Waals surface area contributed by atoms with Gasteiger partial charge in [0.2, 0.25) is 0 Å². The zero-order valence-electron chi connectivity index (χ0n) is 5.72. The highest BCUT2D eigenvalue weighted by Crippen LogP contribution is 2.35. The van der Waals surface area contributed by atoms with Crippen molar-refractivity contribution >= 4 is 9.39 Å². The SMILES string of the molecule is C[C@H](O)C1(NP)CCC1. The van der Waals surface area contributed by atoms with Crippen LogP contribution < -0.4 is 5.09 Å². The van der Waals surface area contributed by atoms with E-state index < -0.39 is 0 Å². The molecule has 54 valence electrons. The lowest BCUT2D eigenvalue weighted by molar-refractivity contribution is 0.0381. The van der Waals surface area contributed by atoms with E-state index in [4.69, 9.17) is 0 Å². The summed E-state index contributed by atoms with van der Waals surface area (Å²) in [5.74, 6) is 0. The van der Waals surface area contributed by atoms with Crippen molar-refractivity contribution < 1.29 is 5.11 Å². The molecule has 2 N–H and O–H groups in total. The van der Waals surface area contributed by atoms with E-state index in [-0.39, 0.29) is 11.6 Å². The van der Waals surface area contributed by atoms with Crippen LogP contribution in [0.1, 0.15) is 26.2 Å². The van der Waals surface area contributed by atoms with Gasteiger partial charge in [0, 0.05) is 5.54 Å². The van der Waals surface area contributed by atoms with Crippen LogP contribution in [0.25, 0.3) is 0 Å². The van der Waals surface area contributed by atoms with Crippen LogP contribution in [-0.2, 0) is 0 Å². The summed E-state index contributed by atoms with van der Waals surface area (Å²) in [6.45, 7) is 1.84. The fourth-order valence-corrected chi connectivity index (χ4v) is 1.77. The molecule has 0 spiro atoms. The summed E-state index contributed by atoms with van der Waals surface area (Å²) in [6.07, 6.45) is 3.23. The second-order valence-corrected chi connectivity index (χ2v) is 3.12. The van der Waals surface area contributed by atoms with Crippen LogP contribution in [0.4, 0.5) is 0 Å². The quantitative estimate of drug-likeness (QED) is 0.562. The van der Waals surface area contributed by atoms with Crippen molar-refractivity contribution in [3.05, 3.63) is 0 Å². The summed E-state index contributed by atoms with van der Waals surface area (Å²) in [7, 11) is 2.48. The Kier molecular flexibility index (Phi) is 2.10. The molecule has 0 aromatic heterocycles. The van der Waals surface area contributed by atoms with Crippen LogP contribution in [0.3, 0.4) is 0 Å². The third kappa shape index (κ3) is 1.12. The van der Waals surface area contributed by atoms with E-state index in [0.717, 1.165) is 12.8 Å². The first-order valence-electron chi connectivity index (χ1n) is 3.37. The van der Waals surface area contributed by atoms with Crippen molar-refractivity contribution in [2.75, 3.05) is 0 Å². The van der Waals surface area contributed by atoms with E-state index in [1.165, 1.54) is 6.42 Å². The highest BCUT2D eigenvalue weighted by atomic mass is 31.0. The van der Waals surface area contributed by atoms with Crippen molar-refractivity contribution in [1.29, 1.82) is 0 Å². The van der Waals surface area contributed by atoms with Crippen LogP contribution in [-0.4, -0.2) is 16.7 Å². The topological polar surface area (TPSA) is 32.3 Å². The molecule has 0 heterocycles. The number of aliphatic hydroxyl groups excluding tert-OH is 1. The van der Waals surface area contributed by atoms with Crippen LogP contribution in [0.5, 0.6) is 0 Å². The molecule has 1 unspecified atom stereocenters. The third-order valence-electron chi connectivity index (χ3n) is 2.33. The molecule has 1 saturated carbocycles. The lowest BCUT2D eigenvalue weighted by Gasteiger charge is -2.43. The molecule has 2 nitrogen and oxygen atoms in total. The highest BCUT2D eigenvalue weighted by Gasteiger charge is 2.39. The van der Waals surface area contributed by atoms with Gasteiger partial charge in [-0.1, -0.05) is 9.39 Å². The summed E-state index contributed by atoms with van der Waals surface area (Å²) in [6, 6.07) is 0. The van der Waals surface area contributed by atoms with Crippen molar-refractivity contribution in [3.8, 4) is 0 Å². The number of hydrogen-bond donors (Lipinski definition) is 2. The molecule has 1 fully saturated rings. The number of rotatable bonds is 2. The van der Waals surface area contributed by atoms with E-state index >= 15 is 0 Å². The predicted octanol–water partition coefficient (Wildman–Crippen LogP) is 0.670. The van der Waals surface area contributed by atoms with Gasteiger partial charge in [0.25, 0.3) is 0 Å². The van der Waals surface area contributed by atoms with E-state index in [2.05, 4.69) is 14.5 Å². The van der Waals surface area contributed by atoms with Gasteiger partial charge in [-0.3, -0.25) is 5.09 Å². The van der Waals surface area contributed by atoms with Gasteiger partial charge in [-0.25, -0.2) is 0 Å². The summed E-state index contributed by atoms with van der Waals surface area (Å²) < 4.78 is 0. The maximum atomic E-state index is 9.25. The monoisotopic (exact) mass is 147 g/mol. The van der Waals surface area contributed by atoms with Crippen LogP contribution in [0.15, 0.2) is 0 Å². The molecule has 0 aromatic carbocycles. The summed E-state index contributed by atoms with van der Waals surface area (Å²) in [4.78, 5) is 0. The van der Waals surface area contributed by atoms with E-state index in [9.17, 15) is 5.11 Å². The minimum atomic E-state index is -0.219. The molecule has 0 radical (unpaired) electrons. The van der Waals surface area contributed by atoms with Crippen molar-refractivity contribution in [3.63, 3.8) is 0 Å². The maximum absolute atomic E-state index is 9.25. The number of hydrogen-bond acceptors (Lipinski definition) is 2. The van der Waals surface area contributed by atoms with Crippen molar-refractivity contribution in [1.82, 2.24) is 5.09 Å². The molecular formula is C6H14NOP.